The minimum Gasteiger partial charge on any atom is -0.476 e. The number of hydrogen-bond donors (Lipinski definition) is 1. The summed E-state index contributed by atoms with van der Waals surface area (Å²) in [5.74, 6) is -0.999. The fraction of sp³-hybridized carbons (Fsp3) is 0. The van der Waals surface area contributed by atoms with Crippen molar-refractivity contribution in [3.8, 4) is 0 Å². The van der Waals surface area contributed by atoms with Crippen molar-refractivity contribution >= 4 is 38.3 Å². The summed E-state index contributed by atoms with van der Waals surface area (Å²) in [6.45, 7) is 0. The first-order valence-electron chi connectivity index (χ1n) is 6.69. The molecule has 0 saturated heterocycles. The van der Waals surface area contributed by atoms with E-state index in [2.05, 4.69) is 11.1 Å². The topological polar surface area (TPSA) is 50.2 Å². The zero-order valence-corrected chi connectivity index (χ0v) is 11.1. The van der Waals surface area contributed by atoms with Crippen LogP contribution in [0.2, 0.25) is 0 Å². The van der Waals surface area contributed by atoms with Crippen molar-refractivity contribution in [2.24, 2.45) is 0 Å². The number of benzene rings is 3. The molecular formula is C18H11NO2. The van der Waals surface area contributed by atoms with E-state index >= 15 is 0 Å². The molecule has 0 aliphatic carbocycles. The number of aromatic nitrogens is 1. The molecule has 0 atom stereocenters. The molecule has 1 heterocycles. The molecular weight excluding hydrogens is 262 g/mol. The smallest absolute Gasteiger partial charge is 0.355 e. The minimum atomic E-state index is -0.999. The Kier molecular flexibility index (Phi) is 2.42. The normalized spacial score (nSPS) is 11.2. The van der Waals surface area contributed by atoms with Crippen molar-refractivity contribution < 1.29 is 9.90 Å². The summed E-state index contributed by atoms with van der Waals surface area (Å²) in [7, 11) is 0. The van der Waals surface area contributed by atoms with Gasteiger partial charge >= 0.3 is 5.97 Å². The first-order valence-corrected chi connectivity index (χ1v) is 6.69. The lowest BCUT2D eigenvalue weighted by atomic mass is 9.94. The maximum atomic E-state index is 11.5. The average Bonchev–Trinajstić information content (AvgIpc) is 2.54. The second kappa shape index (κ2) is 4.28. The van der Waals surface area contributed by atoms with Crippen molar-refractivity contribution in [2.75, 3.05) is 0 Å². The molecule has 1 N–H and O–H groups in total. The summed E-state index contributed by atoms with van der Waals surface area (Å²) in [5, 5.41) is 15.2. The zero-order chi connectivity index (χ0) is 14.4. The number of rotatable bonds is 1. The van der Waals surface area contributed by atoms with Gasteiger partial charge in [-0.3, -0.25) is 0 Å². The van der Waals surface area contributed by atoms with E-state index in [4.69, 9.17) is 0 Å². The summed E-state index contributed by atoms with van der Waals surface area (Å²) in [6.07, 6.45) is 1.56. The minimum absolute atomic E-state index is 0.106. The van der Waals surface area contributed by atoms with Gasteiger partial charge < -0.3 is 5.11 Å². The molecule has 0 bridgehead atoms. The van der Waals surface area contributed by atoms with E-state index in [1.54, 1.807) is 6.20 Å². The lowest BCUT2D eigenvalue weighted by molar-refractivity contribution is 0.0693. The van der Waals surface area contributed by atoms with Crippen LogP contribution in [0.4, 0.5) is 0 Å². The highest BCUT2D eigenvalue weighted by Crippen LogP contribution is 2.35. The highest BCUT2D eigenvalue weighted by Gasteiger charge is 2.15. The van der Waals surface area contributed by atoms with Crippen LogP contribution in [0.25, 0.3) is 32.3 Å². The van der Waals surface area contributed by atoms with Crippen molar-refractivity contribution in [3.05, 3.63) is 66.5 Å². The zero-order valence-electron chi connectivity index (χ0n) is 11.1. The molecule has 0 aliphatic heterocycles. The molecule has 3 aromatic carbocycles. The van der Waals surface area contributed by atoms with Crippen LogP contribution in [-0.2, 0) is 0 Å². The molecule has 0 radical (unpaired) electrons. The Bertz CT molecular complexity index is 976. The SMILES string of the molecule is O=C(O)c1nccc2c3ccccc3c3ccccc3c12. The van der Waals surface area contributed by atoms with Crippen LogP contribution in [-0.4, -0.2) is 16.1 Å². The van der Waals surface area contributed by atoms with Gasteiger partial charge in [-0.05, 0) is 33.0 Å². The third-order valence-electron chi connectivity index (χ3n) is 3.86. The van der Waals surface area contributed by atoms with Gasteiger partial charge in [0.25, 0.3) is 0 Å². The molecule has 0 amide bonds. The van der Waals surface area contributed by atoms with Gasteiger partial charge in [0.15, 0.2) is 5.69 Å². The van der Waals surface area contributed by atoms with Crippen LogP contribution in [0.3, 0.4) is 0 Å². The fourth-order valence-corrected chi connectivity index (χ4v) is 3.01. The van der Waals surface area contributed by atoms with Crippen molar-refractivity contribution in [1.82, 2.24) is 4.98 Å². The van der Waals surface area contributed by atoms with Crippen LogP contribution in [0, 0.1) is 0 Å². The van der Waals surface area contributed by atoms with E-state index < -0.39 is 5.97 Å². The van der Waals surface area contributed by atoms with E-state index in [1.165, 1.54) is 0 Å². The molecule has 21 heavy (non-hydrogen) atoms. The van der Waals surface area contributed by atoms with E-state index in [9.17, 15) is 9.90 Å². The Morgan fingerprint density at radius 3 is 1.81 bits per heavy atom. The average molecular weight is 273 g/mol. The number of carboxylic acid groups (broad SMARTS) is 1. The van der Waals surface area contributed by atoms with Crippen molar-refractivity contribution in [1.29, 1.82) is 0 Å². The van der Waals surface area contributed by atoms with E-state index in [0.717, 1.165) is 26.9 Å². The number of pyridine rings is 1. The molecule has 0 fully saturated rings. The molecule has 4 rings (SSSR count). The van der Waals surface area contributed by atoms with Gasteiger partial charge in [-0.2, -0.15) is 0 Å². The van der Waals surface area contributed by atoms with Crippen LogP contribution in [0.5, 0.6) is 0 Å². The van der Waals surface area contributed by atoms with Gasteiger partial charge in [0.2, 0.25) is 0 Å². The van der Waals surface area contributed by atoms with Crippen LogP contribution < -0.4 is 0 Å². The Labute approximate surface area is 120 Å². The predicted octanol–water partition coefficient (Wildman–Crippen LogP) is 4.24. The molecule has 0 saturated carbocycles. The first-order chi connectivity index (χ1) is 10.3. The molecule has 3 heteroatoms. The van der Waals surface area contributed by atoms with Crippen LogP contribution >= 0.6 is 0 Å². The van der Waals surface area contributed by atoms with Gasteiger partial charge in [-0.15, -0.1) is 0 Å². The van der Waals surface area contributed by atoms with Gasteiger partial charge in [0.05, 0.1) is 0 Å². The standard InChI is InChI=1S/C18H11NO2/c20-18(21)17-16-14-8-4-3-6-12(14)11-5-1-2-7-13(11)15(16)9-10-19-17/h1-10H,(H,20,21). The molecule has 100 valence electrons. The van der Waals surface area contributed by atoms with Gasteiger partial charge in [-0.1, -0.05) is 48.5 Å². The maximum absolute atomic E-state index is 11.5. The van der Waals surface area contributed by atoms with Gasteiger partial charge in [0.1, 0.15) is 0 Å². The van der Waals surface area contributed by atoms with E-state index in [0.29, 0.717) is 5.39 Å². The second-order valence-corrected chi connectivity index (χ2v) is 4.98. The summed E-state index contributed by atoms with van der Waals surface area (Å²) in [4.78, 5) is 15.6. The van der Waals surface area contributed by atoms with Crippen molar-refractivity contribution in [3.63, 3.8) is 0 Å². The van der Waals surface area contributed by atoms with Crippen LogP contribution in [0.1, 0.15) is 10.5 Å². The Balaban J connectivity index is 2.43. The summed E-state index contributed by atoms with van der Waals surface area (Å²) >= 11 is 0. The predicted molar refractivity (Wildman–Crippen MR) is 83.7 cm³/mol. The number of carboxylic acids is 1. The van der Waals surface area contributed by atoms with E-state index in [1.807, 2.05) is 48.5 Å². The quantitative estimate of drug-likeness (QED) is 0.528. The molecule has 0 unspecified atom stereocenters. The molecule has 0 spiro atoms. The number of hydrogen-bond acceptors (Lipinski definition) is 2. The highest BCUT2D eigenvalue weighted by atomic mass is 16.4. The van der Waals surface area contributed by atoms with Gasteiger partial charge in [-0.25, -0.2) is 9.78 Å². The maximum Gasteiger partial charge on any atom is 0.355 e. The Morgan fingerprint density at radius 2 is 1.24 bits per heavy atom. The Morgan fingerprint density at radius 1 is 0.762 bits per heavy atom. The summed E-state index contributed by atoms with van der Waals surface area (Å²) < 4.78 is 0. The van der Waals surface area contributed by atoms with Crippen LogP contribution in [0.15, 0.2) is 60.8 Å². The third-order valence-corrected chi connectivity index (χ3v) is 3.86. The lowest BCUT2D eigenvalue weighted by Gasteiger charge is -2.11. The lowest BCUT2D eigenvalue weighted by Crippen LogP contribution is -2.01. The van der Waals surface area contributed by atoms with E-state index in [-0.39, 0.29) is 5.69 Å². The largest absolute Gasteiger partial charge is 0.476 e. The number of fused-ring (bicyclic) bond motifs is 6. The number of nitrogens with zero attached hydrogens (tertiary/aromatic N) is 1. The molecule has 0 aliphatic rings. The molecule has 4 aromatic rings. The highest BCUT2D eigenvalue weighted by molar-refractivity contribution is 6.28. The van der Waals surface area contributed by atoms with Gasteiger partial charge in [0, 0.05) is 11.6 Å². The summed E-state index contributed by atoms with van der Waals surface area (Å²) in [5.41, 5.74) is 0.106. The fourth-order valence-electron chi connectivity index (χ4n) is 3.01. The second-order valence-electron chi connectivity index (χ2n) is 4.98. The summed E-state index contributed by atoms with van der Waals surface area (Å²) in [6, 6.07) is 17.8. The first kappa shape index (κ1) is 11.9. The Hall–Kier alpha value is -2.94. The monoisotopic (exact) mass is 273 g/mol. The van der Waals surface area contributed by atoms with Crippen molar-refractivity contribution in [2.45, 2.75) is 0 Å². The molecule has 3 nitrogen and oxygen atoms in total. The third kappa shape index (κ3) is 1.61. The number of aromatic carboxylic acids is 1. The molecule has 1 aromatic heterocycles. The number of carbonyl (C=O) groups is 1.